The Kier molecular flexibility index (Phi) is 6.62. The number of amides is 1. The molecule has 0 heterocycles. The number of hydrogen-bond acceptors (Lipinski definition) is 3. The van der Waals surface area contributed by atoms with E-state index in [0.29, 0.717) is 12.5 Å². The first kappa shape index (κ1) is 17.7. The molecule has 0 aliphatic carbocycles. The van der Waals surface area contributed by atoms with Gasteiger partial charge in [0.25, 0.3) is 0 Å². The summed E-state index contributed by atoms with van der Waals surface area (Å²) in [5.41, 5.74) is -0.294. The predicted molar refractivity (Wildman–Crippen MR) is 74.4 cm³/mol. The molecule has 0 saturated heterocycles. The van der Waals surface area contributed by atoms with E-state index in [-0.39, 0.29) is 24.8 Å². The Labute approximate surface area is 126 Å². The van der Waals surface area contributed by atoms with E-state index >= 15 is 0 Å². The number of halogens is 2. The fourth-order valence-electron chi connectivity index (χ4n) is 1.89. The third-order valence-corrected chi connectivity index (χ3v) is 3.02. The first-order valence-electron chi connectivity index (χ1n) is 6.85. The molecule has 1 aromatic carbocycles. The summed E-state index contributed by atoms with van der Waals surface area (Å²) >= 11 is 0. The van der Waals surface area contributed by atoms with Gasteiger partial charge in [0, 0.05) is 18.9 Å². The van der Waals surface area contributed by atoms with Gasteiger partial charge in [-0.15, -0.1) is 0 Å². The van der Waals surface area contributed by atoms with E-state index < -0.39 is 35.3 Å². The van der Waals surface area contributed by atoms with Crippen molar-refractivity contribution in [1.82, 2.24) is 5.32 Å². The number of carboxylic acid groups (broad SMARTS) is 1. The van der Waals surface area contributed by atoms with Crippen LogP contribution in [0.4, 0.5) is 8.78 Å². The second kappa shape index (κ2) is 8.21. The molecule has 1 aromatic rings. The predicted octanol–water partition coefficient (Wildman–Crippen LogP) is 2.30. The smallest absolute Gasteiger partial charge is 0.326 e. The van der Waals surface area contributed by atoms with E-state index in [1.165, 1.54) is 0 Å². The molecule has 22 heavy (non-hydrogen) atoms. The van der Waals surface area contributed by atoms with Gasteiger partial charge in [-0.25, -0.2) is 13.6 Å². The van der Waals surface area contributed by atoms with E-state index in [0.717, 1.165) is 12.1 Å². The molecule has 7 heteroatoms. The van der Waals surface area contributed by atoms with E-state index in [9.17, 15) is 23.2 Å². The molecule has 1 unspecified atom stereocenters. The maximum Gasteiger partial charge on any atom is 0.326 e. The van der Waals surface area contributed by atoms with Crippen molar-refractivity contribution < 1.29 is 28.3 Å². The fourth-order valence-corrected chi connectivity index (χ4v) is 1.89. The fraction of sp³-hybridized carbons (Fsp3) is 0.400. The molecule has 0 radical (unpaired) electrons. The average Bonchev–Trinajstić information content (AvgIpc) is 2.44. The Morgan fingerprint density at radius 1 is 1.23 bits per heavy atom. The van der Waals surface area contributed by atoms with Crippen molar-refractivity contribution in [2.45, 2.75) is 38.6 Å². The van der Waals surface area contributed by atoms with Gasteiger partial charge in [-0.05, 0) is 18.6 Å². The standard InChI is InChI=1S/C15H17F2NO4/c1-2-3-12(15(21)22)18-14(20)7-6-13(19)10-5-4-9(16)8-11(10)17/h4-5,8,12H,2-3,6-7H2,1H3,(H,18,20)(H,21,22). The molecule has 0 aliphatic rings. The van der Waals surface area contributed by atoms with Crippen molar-refractivity contribution in [1.29, 1.82) is 0 Å². The first-order chi connectivity index (χ1) is 10.3. The summed E-state index contributed by atoms with van der Waals surface area (Å²) in [7, 11) is 0. The number of hydrogen-bond donors (Lipinski definition) is 2. The zero-order valence-corrected chi connectivity index (χ0v) is 12.1. The molecule has 0 spiro atoms. The van der Waals surface area contributed by atoms with E-state index in [1.54, 1.807) is 6.92 Å². The lowest BCUT2D eigenvalue weighted by atomic mass is 10.1. The van der Waals surface area contributed by atoms with Crippen LogP contribution < -0.4 is 5.32 Å². The van der Waals surface area contributed by atoms with Crippen LogP contribution in [-0.4, -0.2) is 28.8 Å². The van der Waals surface area contributed by atoms with Crippen LogP contribution in [0.1, 0.15) is 43.0 Å². The minimum Gasteiger partial charge on any atom is -0.480 e. The lowest BCUT2D eigenvalue weighted by Gasteiger charge is -2.13. The van der Waals surface area contributed by atoms with Crippen LogP contribution in [0.5, 0.6) is 0 Å². The van der Waals surface area contributed by atoms with Crippen LogP contribution in [0.3, 0.4) is 0 Å². The van der Waals surface area contributed by atoms with Crippen molar-refractivity contribution in [3.8, 4) is 0 Å². The molecule has 0 aromatic heterocycles. The molecular formula is C15H17F2NO4. The summed E-state index contributed by atoms with van der Waals surface area (Å²) in [4.78, 5) is 34.3. The number of carbonyl (C=O) groups is 3. The molecule has 5 nitrogen and oxygen atoms in total. The molecule has 0 fully saturated rings. The van der Waals surface area contributed by atoms with Gasteiger partial charge in [0.1, 0.15) is 17.7 Å². The third-order valence-electron chi connectivity index (χ3n) is 3.02. The van der Waals surface area contributed by atoms with Crippen molar-refractivity contribution in [3.05, 3.63) is 35.4 Å². The number of rotatable bonds is 8. The van der Waals surface area contributed by atoms with Crippen LogP contribution in [0.2, 0.25) is 0 Å². The number of aliphatic carboxylic acids is 1. The Hall–Kier alpha value is -2.31. The van der Waals surface area contributed by atoms with Crippen molar-refractivity contribution in [3.63, 3.8) is 0 Å². The molecule has 2 N–H and O–H groups in total. The first-order valence-corrected chi connectivity index (χ1v) is 6.85. The van der Waals surface area contributed by atoms with Gasteiger partial charge in [-0.1, -0.05) is 13.3 Å². The van der Waals surface area contributed by atoms with Gasteiger partial charge in [0.15, 0.2) is 5.78 Å². The highest BCUT2D eigenvalue weighted by Gasteiger charge is 2.20. The number of benzene rings is 1. The quantitative estimate of drug-likeness (QED) is 0.721. The van der Waals surface area contributed by atoms with Crippen molar-refractivity contribution >= 4 is 17.7 Å². The summed E-state index contributed by atoms with van der Waals surface area (Å²) in [5.74, 6) is -4.17. The maximum absolute atomic E-state index is 13.4. The topological polar surface area (TPSA) is 83.5 Å². The minimum atomic E-state index is -1.15. The monoisotopic (exact) mass is 313 g/mol. The van der Waals surface area contributed by atoms with Gasteiger partial charge < -0.3 is 10.4 Å². The summed E-state index contributed by atoms with van der Waals surface area (Å²) < 4.78 is 26.1. The second-order valence-electron chi connectivity index (χ2n) is 4.79. The Morgan fingerprint density at radius 2 is 1.91 bits per heavy atom. The van der Waals surface area contributed by atoms with Crippen LogP contribution in [0.25, 0.3) is 0 Å². The number of nitrogens with one attached hydrogen (secondary N) is 1. The Balaban J connectivity index is 2.56. The summed E-state index contributed by atoms with van der Waals surface area (Å²) in [6, 6.07) is 1.56. The minimum absolute atomic E-state index is 0.261. The largest absolute Gasteiger partial charge is 0.480 e. The highest BCUT2D eigenvalue weighted by molar-refractivity contribution is 5.98. The van der Waals surface area contributed by atoms with Crippen molar-refractivity contribution in [2.24, 2.45) is 0 Å². The average molecular weight is 313 g/mol. The highest BCUT2D eigenvalue weighted by atomic mass is 19.1. The van der Waals surface area contributed by atoms with E-state index in [4.69, 9.17) is 5.11 Å². The molecular weight excluding hydrogens is 296 g/mol. The van der Waals surface area contributed by atoms with E-state index in [1.807, 2.05) is 0 Å². The molecule has 1 atom stereocenters. The van der Waals surface area contributed by atoms with Crippen LogP contribution in [0.15, 0.2) is 18.2 Å². The van der Waals surface area contributed by atoms with Crippen LogP contribution in [0, 0.1) is 11.6 Å². The van der Waals surface area contributed by atoms with Gasteiger partial charge in [-0.2, -0.15) is 0 Å². The zero-order valence-electron chi connectivity index (χ0n) is 12.1. The summed E-state index contributed by atoms with van der Waals surface area (Å²) in [5, 5.41) is 11.2. The Bertz CT molecular complexity index is 575. The van der Waals surface area contributed by atoms with Gasteiger partial charge in [-0.3, -0.25) is 9.59 Å². The summed E-state index contributed by atoms with van der Waals surface area (Å²) in [6.45, 7) is 1.78. The molecule has 1 rings (SSSR count). The molecule has 0 bridgehead atoms. The maximum atomic E-state index is 13.4. The molecule has 120 valence electrons. The molecule has 0 aliphatic heterocycles. The number of carboxylic acids is 1. The number of ketones is 1. The lowest BCUT2D eigenvalue weighted by molar-refractivity contribution is -0.142. The van der Waals surface area contributed by atoms with Crippen LogP contribution >= 0.6 is 0 Å². The molecule has 1 amide bonds. The third kappa shape index (κ3) is 5.23. The van der Waals surface area contributed by atoms with Gasteiger partial charge in [0.05, 0.1) is 5.56 Å². The Morgan fingerprint density at radius 3 is 2.45 bits per heavy atom. The van der Waals surface area contributed by atoms with E-state index in [2.05, 4.69) is 5.32 Å². The SMILES string of the molecule is CCCC(NC(=O)CCC(=O)c1ccc(F)cc1F)C(=O)O. The lowest BCUT2D eigenvalue weighted by Crippen LogP contribution is -2.40. The highest BCUT2D eigenvalue weighted by Crippen LogP contribution is 2.12. The number of Topliss-reactive ketones (excluding diaryl/α,β-unsaturated/α-hetero) is 1. The van der Waals surface area contributed by atoms with Gasteiger partial charge in [0.2, 0.25) is 5.91 Å². The number of carbonyl (C=O) groups excluding carboxylic acids is 2. The normalized spacial score (nSPS) is 11.8. The summed E-state index contributed by atoms with van der Waals surface area (Å²) in [6.07, 6.45) is 0.314. The second-order valence-corrected chi connectivity index (χ2v) is 4.79. The van der Waals surface area contributed by atoms with Crippen LogP contribution in [-0.2, 0) is 9.59 Å². The molecule has 0 saturated carbocycles. The van der Waals surface area contributed by atoms with Gasteiger partial charge >= 0.3 is 5.97 Å². The van der Waals surface area contributed by atoms with Crippen molar-refractivity contribution in [2.75, 3.05) is 0 Å². The zero-order chi connectivity index (χ0) is 16.7.